The van der Waals surface area contributed by atoms with Crippen molar-refractivity contribution in [1.82, 2.24) is 0 Å². The maximum atomic E-state index is 10.5. The number of hydrogen-bond acceptors (Lipinski definition) is 2. The summed E-state index contributed by atoms with van der Waals surface area (Å²) in [6, 6.07) is 1.95. The molecule has 1 aliphatic rings. The first-order chi connectivity index (χ1) is 4.21. The van der Waals surface area contributed by atoms with Crippen LogP contribution in [0, 0.1) is 16.7 Å². The van der Waals surface area contributed by atoms with Gasteiger partial charge in [-0.05, 0) is 12.8 Å². The van der Waals surface area contributed by atoms with Crippen LogP contribution in [0.3, 0.4) is 0 Å². The fourth-order valence-corrected chi connectivity index (χ4v) is 0.813. The lowest BCUT2D eigenvalue weighted by Gasteiger charge is -2.01. The Morgan fingerprint density at radius 3 is 2.44 bits per heavy atom. The molecule has 1 fully saturated rings. The number of primary amides is 1. The largest absolute Gasteiger partial charge is 0.369 e. The number of carbonyl (C=O) groups is 1. The van der Waals surface area contributed by atoms with Gasteiger partial charge >= 0.3 is 0 Å². The van der Waals surface area contributed by atoms with Crippen LogP contribution < -0.4 is 5.73 Å². The second-order valence-electron chi connectivity index (χ2n) is 2.48. The minimum Gasteiger partial charge on any atom is -0.369 e. The smallest absolute Gasteiger partial charge is 0.224 e. The van der Waals surface area contributed by atoms with Crippen molar-refractivity contribution in [3.63, 3.8) is 0 Å². The summed E-state index contributed by atoms with van der Waals surface area (Å²) < 4.78 is 0. The molecule has 0 aliphatic heterocycles. The molecular weight excluding hydrogens is 116 g/mol. The van der Waals surface area contributed by atoms with E-state index in [1.54, 1.807) is 0 Å². The molecule has 2 N–H and O–H groups in total. The zero-order valence-corrected chi connectivity index (χ0v) is 5.05. The Morgan fingerprint density at radius 1 is 1.78 bits per heavy atom. The number of hydrogen-bond donors (Lipinski definition) is 1. The van der Waals surface area contributed by atoms with Gasteiger partial charge < -0.3 is 5.73 Å². The van der Waals surface area contributed by atoms with E-state index < -0.39 is 5.41 Å². The SMILES string of the molecule is N#CCC1(C(N)=O)CC1. The van der Waals surface area contributed by atoms with Gasteiger partial charge in [-0.25, -0.2) is 0 Å². The fourth-order valence-electron chi connectivity index (χ4n) is 0.813. The van der Waals surface area contributed by atoms with Crippen molar-refractivity contribution in [1.29, 1.82) is 5.26 Å². The van der Waals surface area contributed by atoms with Gasteiger partial charge in [0.1, 0.15) is 0 Å². The number of amides is 1. The molecule has 3 nitrogen and oxygen atoms in total. The molecule has 0 heterocycles. The van der Waals surface area contributed by atoms with Crippen LogP contribution in [0.4, 0.5) is 0 Å². The van der Waals surface area contributed by atoms with Crippen LogP contribution in [-0.2, 0) is 4.79 Å². The van der Waals surface area contributed by atoms with Gasteiger partial charge in [-0.2, -0.15) is 5.26 Å². The monoisotopic (exact) mass is 124 g/mol. The van der Waals surface area contributed by atoms with Crippen molar-refractivity contribution in [2.45, 2.75) is 19.3 Å². The molecule has 0 aromatic carbocycles. The zero-order valence-electron chi connectivity index (χ0n) is 5.05. The molecule has 3 heteroatoms. The van der Waals surface area contributed by atoms with E-state index in [-0.39, 0.29) is 5.91 Å². The van der Waals surface area contributed by atoms with E-state index in [1.807, 2.05) is 6.07 Å². The third-order valence-electron chi connectivity index (χ3n) is 1.79. The summed E-state index contributed by atoms with van der Waals surface area (Å²) in [6.45, 7) is 0. The standard InChI is InChI=1S/C6H8N2O/c7-4-3-6(1-2-6)5(8)9/h1-3H2,(H2,8,9). The molecule has 0 aromatic heterocycles. The molecule has 1 aliphatic carbocycles. The van der Waals surface area contributed by atoms with Crippen molar-refractivity contribution in [3.8, 4) is 6.07 Å². The maximum absolute atomic E-state index is 10.5. The predicted octanol–water partition coefficient (Wildman–Crippen LogP) is 0.166. The van der Waals surface area contributed by atoms with Gasteiger partial charge in [0.25, 0.3) is 0 Å². The van der Waals surface area contributed by atoms with Gasteiger partial charge in [0, 0.05) is 6.42 Å². The lowest BCUT2D eigenvalue weighted by Crippen LogP contribution is -2.23. The zero-order chi connectivity index (χ0) is 6.91. The molecule has 48 valence electrons. The van der Waals surface area contributed by atoms with E-state index in [9.17, 15) is 4.79 Å². The lowest BCUT2D eigenvalue weighted by molar-refractivity contribution is -0.122. The Labute approximate surface area is 53.5 Å². The number of nitrogens with zero attached hydrogens (tertiary/aromatic N) is 1. The summed E-state index contributed by atoms with van der Waals surface area (Å²) in [5, 5.41) is 8.23. The highest BCUT2D eigenvalue weighted by Crippen LogP contribution is 2.47. The van der Waals surface area contributed by atoms with Crippen LogP contribution in [0.2, 0.25) is 0 Å². The quantitative estimate of drug-likeness (QED) is 0.570. The molecule has 0 atom stereocenters. The molecule has 0 unspecified atom stereocenters. The van der Waals surface area contributed by atoms with Crippen LogP contribution in [0.15, 0.2) is 0 Å². The van der Waals surface area contributed by atoms with Crippen LogP contribution in [-0.4, -0.2) is 5.91 Å². The summed E-state index contributed by atoms with van der Waals surface area (Å²) in [5.74, 6) is -0.316. The van der Waals surface area contributed by atoms with E-state index in [0.29, 0.717) is 6.42 Å². The Kier molecular flexibility index (Phi) is 1.17. The number of nitrogens with two attached hydrogens (primary N) is 1. The van der Waals surface area contributed by atoms with E-state index in [1.165, 1.54) is 0 Å². The van der Waals surface area contributed by atoms with E-state index in [2.05, 4.69) is 0 Å². The average molecular weight is 124 g/mol. The summed E-state index contributed by atoms with van der Waals surface area (Å²) >= 11 is 0. The highest BCUT2D eigenvalue weighted by molar-refractivity contribution is 5.83. The molecule has 9 heavy (non-hydrogen) atoms. The Bertz CT molecular complexity index is 176. The molecule has 1 amide bonds. The number of carbonyl (C=O) groups excluding carboxylic acids is 1. The van der Waals surface area contributed by atoms with Gasteiger partial charge in [0.05, 0.1) is 11.5 Å². The summed E-state index contributed by atoms with van der Waals surface area (Å²) in [7, 11) is 0. The highest BCUT2D eigenvalue weighted by atomic mass is 16.1. The second kappa shape index (κ2) is 1.73. The van der Waals surface area contributed by atoms with Crippen LogP contribution in [0.5, 0.6) is 0 Å². The fraction of sp³-hybridized carbons (Fsp3) is 0.667. The summed E-state index contributed by atoms with van der Waals surface area (Å²) in [6.07, 6.45) is 1.90. The van der Waals surface area contributed by atoms with Crippen molar-refractivity contribution in [2.24, 2.45) is 11.1 Å². The third-order valence-corrected chi connectivity index (χ3v) is 1.79. The minimum atomic E-state index is -0.422. The Balaban J connectivity index is 2.55. The first-order valence-electron chi connectivity index (χ1n) is 2.88. The molecule has 0 aromatic rings. The van der Waals surface area contributed by atoms with Crippen molar-refractivity contribution in [3.05, 3.63) is 0 Å². The number of rotatable bonds is 2. The van der Waals surface area contributed by atoms with Crippen molar-refractivity contribution >= 4 is 5.91 Å². The molecular formula is C6H8N2O. The summed E-state index contributed by atoms with van der Waals surface area (Å²) in [5.41, 5.74) is 4.61. The minimum absolute atomic E-state index is 0.294. The first kappa shape index (κ1) is 6.09. The van der Waals surface area contributed by atoms with Crippen LogP contribution in [0.25, 0.3) is 0 Å². The second-order valence-corrected chi connectivity index (χ2v) is 2.48. The molecule has 0 radical (unpaired) electrons. The van der Waals surface area contributed by atoms with Gasteiger partial charge in [-0.15, -0.1) is 0 Å². The van der Waals surface area contributed by atoms with Gasteiger partial charge in [-0.3, -0.25) is 4.79 Å². The Morgan fingerprint density at radius 2 is 2.33 bits per heavy atom. The van der Waals surface area contributed by atoms with Crippen molar-refractivity contribution in [2.75, 3.05) is 0 Å². The molecule has 1 saturated carbocycles. The van der Waals surface area contributed by atoms with Gasteiger partial charge in [-0.1, -0.05) is 0 Å². The molecule has 0 spiro atoms. The van der Waals surface area contributed by atoms with E-state index in [0.717, 1.165) is 12.8 Å². The van der Waals surface area contributed by atoms with Crippen molar-refractivity contribution < 1.29 is 4.79 Å². The van der Waals surface area contributed by atoms with E-state index in [4.69, 9.17) is 11.0 Å². The average Bonchev–Trinajstić information content (AvgIpc) is 2.49. The van der Waals surface area contributed by atoms with Crippen LogP contribution >= 0.6 is 0 Å². The normalized spacial score (nSPS) is 20.3. The highest BCUT2D eigenvalue weighted by Gasteiger charge is 2.48. The van der Waals surface area contributed by atoms with Crippen LogP contribution in [0.1, 0.15) is 19.3 Å². The lowest BCUT2D eigenvalue weighted by atomic mass is 10.0. The maximum Gasteiger partial charge on any atom is 0.224 e. The predicted molar refractivity (Wildman–Crippen MR) is 31.1 cm³/mol. The topological polar surface area (TPSA) is 66.9 Å². The molecule has 0 bridgehead atoms. The summed E-state index contributed by atoms with van der Waals surface area (Å²) in [4.78, 5) is 10.5. The number of nitriles is 1. The van der Waals surface area contributed by atoms with Gasteiger partial charge in [0.15, 0.2) is 0 Å². The first-order valence-corrected chi connectivity index (χ1v) is 2.88. The molecule has 1 rings (SSSR count). The molecule has 0 saturated heterocycles. The van der Waals surface area contributed by atoms with Gasteiger partial charge in [0.2, 0.25) is 5.91 Å². The van der Waals surface area contributed by atoms with E-state index >= 15 is 0 Å². The third kappa shape index (κ3) is 0.879. The Hall–Kier alpha value is -1.04.